The SMILES string of the molecule is CCc1cc(Nc2nccn3c(-c4ccc(OC)c(F)c4F)cnc23)ccc1C(=O)NCCNC(=O)[C@@H](N)CCCNC1=NCCN1.O=CO. The molecule has 0 spiro atoms. The van der Waals surface area contributed by atoms with E-state index in [2.05, 4.69) is 41.5 Å². The Balaban J connectivity index is 0.00000181. The Morgan fingerprint density at radius 1 is 1.14 bits per heavy atom. The number of methoxy groups -OCH3 is 1. The molecule has 2 aromatic carbocycles. The number of hydrogen-bond donors (Lipinski definition) is 7. The molecule has 0 saturated carbocycles. The van der Waals surface area contributed by atoms with Gasteiger partial charge in [0.05, 0.1) is 31.6 Å². The lowest BCUT2D eigenvalue weighted by Gasteiger charge is -2.14. The fourth-order valence-electron chi connectivity index (χ4n) is 5.18. The second-order valence-corrected chi connectivity index (χ2v) is 10.9. The van der Waals surface area contributed by atoms with Crippen molar-refractivity contribution >= 4 is 41.4 Å². The number of aromatic nitrogens is 3. The van der Waals surface area contributed by atoms with E-state index in [9.17, 15) is 18.4 Å². The van der Waals surface area contributed by atoms with Crippen molar-refractivity contribution in [3.63, 3.8) is 0 Å². The smallest absolute Gasteiger partial charge is 0.290 e. The van der Waals surface area contributed by atoms with Crippen molar-refractivity contribution < 1.29 is 33.0 Å². The van der Waals surface area contributed by atoms with E-state index in [0.717, 1.165) is 31.0 Å². The number of fused-ring (bicyclic) bond motifs is 1. The summed E-state index contributed by atoms with van der Waals surface area (Å²) >= 11 is 0. The standard InChI is InChI=1S/C32H38F2N10O3.CH2O2/c1-3-19-17-20(43-28-29-42-18-24(44(29)16-15-36-28)22-8-9-25(47-2)27(34)26(22)33)6-7-21(19)30(45)37-11-12-38-31(46)23(35)5-4-10-39-32-40-13-14-41-32;2-1-3/h6-9,15-18,23H,3-5,10-14,35H2,1-2H3,(H,36,43)(H,37,45)(H,38,46)(H2,39,40,41);1H,(H,2,3)/t23-;/m0./s1. The van der Waals surface area contributed by atoms with E-state index in [4.69, 9.17) is 20.4 Å². The van der Waals surface area contributed by atoms with Crippen molar-refractivity contribution in [2.75, 3.05) is 45.2 Å². The molecule has 1 aliphatic heterocycles. The fourth-order valence-corrected chi connectivity index (χ4v) is 5.18. The predicted molar refractivity (Wildman–Crippen MR) is 184 cm³/mol. The molecule has 3 heterocycles. The average Bonchev–Trinajstić information content (AvgIpc) is 3.81. The number of carbonyl (C=O) groups is 3. The number of halogens is 2. The van der Waals surface area contributed by atoms with Crippen molar-refractivity contribution in [2.45, 2.75) is 32.2 Å². The third kappa shape index (κ3) is 9.19. The molecule has 0 fully saturated rings. The Bertz CT molecular complexity index is 1830. The van der Waals surface area contributed by atoms with Crippen LogP contribution in [0.3, 0.4) is 0 Å². The predicted octanol–water partition coefficient (Wildman–Crippen LogP) is 2.19. The Morgan fingerprint density at radius 2 is 1.92 bits per heavy atom. The number of hydrogen-bond acceptors (Lipinski definition) is 11. The molecule has 5 rings (SSSR count). The first kappa shape index (κ1) is 37.0. The molecular weight excluding hydrogens is 654 g/mol. The van der Waals surface area contributed by atoms with E-state index >= 15 is 0 Å². The summed E-state index contributed by atoms with van der Waals surface area (Å²) in [5.74, 6) is -1.69. The highest BCUT2D eigenvalue weighted by Crippen LogP contribution is 2.31. The number of rotatable bonds is 14. The van der Waals surface area contributed by atoms with Gasteiger partial charge in [-0.1, -0.05) is 6.92 Å². The van der Waals surface area contributed by atoms with Crippen molar-refractivity contribution in [1.82, 2.24) is 35.6 Å². The maximum atomic E-state index is 14.8. The number of aryl methyl sites for hydroxylation is 1. The summed E-state index contributed by atoms with van der Waals surface area (Å²) in [5, 5.41) is 22.0. The molecule has 0 saturated heterocycles. The molecule has 1 atom stereocenters. The fraction of sp³-hybridized carbons (Fsp3) is 0.333. The lowest BCUT2D eigenvalue weighted by molar-refractivity contribution is -0.123. The van der Waals surface area contributed by atoms with Gasteiger partial charge in [-0.3, -0.25) is 23.8 Å². The molecule has 0 radical (unpaired) electrons. The molecule has 1 aliphatic rings. The van der Waals surface area contributed by atoms with E-state index in [1.807, 2.05) is 13.0 Å². The molecule has 50 heavy (non-hydrogen) atoms. The lowest BCUT2D eigenvalue weighted by atomic mass is 10.0. The molecule has 17 heteroatoms. The lowest BCUT2D eigenvalue weighted by Crippen LogP contribution is -2.44. The number of carboxylic acid groups (broad SMARTS) is 1. The third-order valence-corrected chi connectivity index (χ3v) is 7.67. The van der Waals surface area contributed by atoms with Crippen LogP contribution in [0.4, 0.5) is 20.3 Å². The molecule has 0 bridgehead atoms. The Morgan fingerprint density at radius 3 is 2.64 bits per heavy atom. The van der Waals surface area contributed by atoms with Crippen molar-refractivity contribution in [3.05, 3.63) is 71.7 Å². The average molecular weight is 695 g/mol. The largest absolute Gasteiger partial charge is 0.494 e. The number of carbonyl (C=O) groups excluding carboxylic acids is 2. The van der Waals surface area contributed by atoms with E-state index in [1.54, 1.807) is 22.7 Å². The third-order valence-electron chi connectivity index (χ3n) is 7.67. The summed E-state index contributed by atoms with van der Waals surface area (Å²) in [7, 11) is 1.27. The van der Waals surface area contributed by atoms with Crippen LogP contribution < -0.4 is 37.1 Å². The first-order chi connectivity index (χ1) is 24.2. The van der Waals surface area contributed by atoms with Crippen LogP contribution in [-0.2, 0) is 16.0 Å². The van der Waals surface area contributed by atoms with Gasteiger partial charge in [-0.25, -0.2) is 14.4 Å². The number of amides is 2. The van der Waals surface area contributed by atoms with E-state index in [0.29, 0.717) is 47.8 Å². The van der Waals surface area contributed by atoms with Crippen LogP contribution in [0, 0.1) is 11.6 Å². The minimum atomic E-state index is -1.08. The first-order valence-corrected chi connectivity index (χ1v) is 15.9. The highest BCUT2D eigenvalue weighted by atomic mass is 19.2. The molecule has 8 N–H and O–H groups in total. The Hall–Kier alpha value is -5.84. The van der Waals surface area contributed by atoms with Gasteiger partial charge in [0.25, 0.3) is 12.4 Å². The number of benzene rings is 2. The molecule has 0 unspecified atom stereocenters. The topological polar surface area (TPSA) is 209 Å². The number of ether oxygens (including phenoxy) is 1. The monoisotopic (exact) mass is 694 g/mol. The van der Waals surface area contributed by atoms with Gasteiger partial charge < -0.3 is 42.2 Å². The number of nitrogens with two attached hydrogens (primary N) is 1. The highest BCUT2D eigenvalue weighted by Gasteiger charge is 2.20. The minimum absolute atomic E-state index is 0.0236. The number of nitrogens with one attached hydrogen (secondary N) is 5. The molecule has 266 valence electrons. The van der Waals surface area contributed by atoms with Gasteiger partial charge in [-0.2, -0.15) is 4.39 Å². The minimum Gasteiger partial charge on any atom is -0.494 e. The van der Waals surface area contributed by atoms with Crippen molar-refractivity contribution in [3.8, 4) is 17.0 Å². The van der Waals surface area contributed by atoms with Crippen LogP contribution in [0.5, 0.6) is 5.75 Å². The van der Waals surface area contributed by atoms with Gasteiger partial charge >= 0.3 is 0 Å². The number of guanidine groups is 1. The van der Waals surface area contributed by atoms with Crippen LogP contribution in [-0.4, -0.2) is 89.6 Å². The molecule has 2 aromatic heterocycles. The molecule has 15 nitrogen and oxygen atoms in total. The van der Waals surface area contributed by atoms with E-state index in [1.165, 1.54) is 31.6 Å². The number of aliphatic imine (C=N–C) groups is 1. The summed E-state index contributed by atoms with van der Waals surface area (Å²) in [6.45, 7) is 4.42. The maximum absolute atomic E-state index is 14.8. The van der Waals surface area contributed by atoms with Gasteiger partial charge in [0.15, 0.2) is 29.0 Å². The zero-order valence-electron chi connectivity index (χ0n) is 27.6. The molecule has 0 aliphatic carbocycles. The van der Waals surface area contributed by atoms with Gasteiger partial charge in [0.1, 0.15) is 0 Å². The molecule has 2 amide bonds. The zero-order chi connectivity index (χ0) is 36.0. The molecular formula is C33H40F2N10O5. The van der Waals surface area contributed by atoms with Crippen LogP contribution in [0.25, 0.3) is 16.9 Å². The summed E-state index contributed by atoms with van der Waals surface area (Å²) in [6.07, 6.45) is 6.39. The number of nitrogens with zero attached hydrogens (tertiary/aromatic N) is 4. The Labute approximate surface area is 286 Å². The summed E-state index contributed by atoms with van der Waals surface area (Å²) in [4.78, 5) is 46.7. The summed E-state index contributed by atoms with van der Waals surface area (Å²) in [6, 6.07) is 7.44. The van der Waals surface area contributed by atoms with Crippen LogP contribution in [0.1, 0.15) is 35.7 Å². The van der Waals surface area contributed by atoms with Crippen LogP contribution >= 0.6 is 0 Å². The molecule has 4 aromatic rings. The number of anilines is 2. The van der Waals surface area contributed by atoms with Crippen molar-refractivity contribution in [2.24, 2.45) is 10.7 Å². The second-order valence-electron chi connectivity index (χ2n) is 10.9. The zero-order valence-corrected chi connectivity index (χ0v) is 27.6. The van der Waals surface area contributed by atoms with Crippen molar-refractivity contribution in [1.29, 1.82) is 0 Å². The summed E-state index contributed by atoms with van der Waals surface area (Å²) in [5.41, 5.74) is 8.72. The van der Waals surface area contributed by atoms with Gasteiger partial charge in [-0.05, 0) is 55.2 Å². The van der Waals surface area contributed by atoms with Crippen LogP contribution in [0.15, 0.2) is 53.9 Å². The highest BCUT2D eigenvalue weighted by molar-refractivity contribution is 5.96. The number of imidazole rings is 1. The van der Waals surface area contributed by atoms with E-state index < -0.39 is 17.7 Å². The first-order valence-electron chi connectivity index (χ1n) is 15.9. The van der Waals surface area contributed by atoms with Gasteiger partial charge in [0, 0.05) is 55.4 Å². The summed E-state index contributed by atoms with van der Waals surface area (Å²) < 4.78 is 35.7. The van der Waals surface area contributed by atoms with Gasteiger partial charge in [0.2, 0.25) is 11.7 Å². The Kier molecular flexibility index (Phi) is 13.4. The van der Waals surface area contributed by atoms with Crippen LogP contribution in [0.2, 0.25) is 0 Å². The van der Waals surface area contributed by atoms with E-state index in [-0.39, 0.29) is 42.7 Å². The maximum Gasteiger partial charge on any atom is 0.290 e. The second kappa shape index (κ2) is 18.1. The quantitative estimate of drug-likeness (QED) is 0.0752. The van der Waals surface area contributed by atoms with Gasteiger partial charge in [-0.15, -0.1) is 0 Å². The normalized spacial score (nSPS) is 12.5.